The molecule has 0 saturated carbocycles. The molecule has 0 aromatic heterocycles. The molecule has 0 aliphatic rings. The van der Waals surface area contributed by atoms with Crippen molar-refractivity contribution in [1.29, 1.82) is 0 Å². The maximum Gasteiger partial charge on any atom is 0.0426 e. The van der Waals surface area contributed by atoms with Gasteiger partial charge in [0.2, 0.25) is 0 Å². The Hall–Kier alpha value is -0.950. The molecule has 0 bridgehead atoms. The van der Waals surface area contributed by atoms with Crippen LogP contribution in [0.25, 0.3) is 0 Å². The van der Waals surface area contributed by atoms with Crippen LogP contribution in [-0.2, 0) is 0 Å². The fraction of sp³-hybridized carbons (Fsp3) is 0.200. The van der Waals surface area contributed by atoms with Crippen molar-refractivity contribution in [3.05, 3.63) is 41.9 Å². The maximum absolute atomic E-state index is 5.81. The van der Waals surface area contributed by atoms with Crippen molar-refractivity contribution in [1.82, 2.24) is 0 Å². The number of benzene rings is 1. The third-order valence-electron chi connectivity index (χ3n) is 1.57. The van der Waals surface area contributed by atoms with E-state index in [0.29, 0.717) is 0 Å². The van der Waals surface area contributed by atoms with Gasteiger partial charge in [0.05, 0.1) is 0 Å². The second kappa shape index (κ2) is 4.17. The number of nitrogens with one attached hydrogen (secondary N) is 1. The average molecular weight is 182 g/mol. The smallest absolute Gasteiger partial charge is 0.0426 e. The Bertz CT molecular complexity index is 270. The lowest BCUT2D eigenvalue weighted by molar-refractivity contribution is 1.00. The zero-order valence-corrected chi connectivity index (χ0v) is 7.81. The van der Waals surface area contributed by atoms with E-state index in [-0.39, 0.29) is 6.04 Å². The zero-order chi connectivity index (χ0) is 8.97. The summed E-state index contributed by atoms with van der Waals surface area (Å²) in [5.74, 6) is 0. The van der Waals surface area contributed by atoms with E-state index in [1.807, 2.05) is 37.3 Å². The molecule has 0 radical (unpaired) electrons. The molecular formula is C10H12ClN. The molecule has 1 unspecified atom stereocenters. The molecule has 0 fully saturated rings. The van der Waals surface area contributed by atoms with Crippen LogP contribution in [-0.4, -0.2) is 6.04 Å². The minimum absolute atomic E-state index is 0.267. The Morgan fingerprint density at radius 3 is 2.92 bits per heavy atom. The molecule has 0 aliphatic carbocycles. The van der Waals surface area contributed by atoms with Crippen LogP contribution in [0, 0.1) is 0 Å². The summed E-state index contributed by atoms with van der Waals surface area (Å²) in [6.45, 7) is 5.72. The maximum atomic E-state index is 5.81. The molecule has 12 heavy (non-hydrogen) atoms. The van der Waals surface area contributed by atoms with Crippen LogP contribution in [0.3, 0.4) is 0 Å². The Kier molecular flexibility index (Phi) is 3.18. The predicted octanol–water partition coefficient (Wildman–Crippen LogP) is 3.33. The van der Waals surface area contributed by atoms with Gasteiger partial charge in [0.1, 0.15) is 0 Å². The van der Waals surface area contributed by atoms with E-state index in [1.165, 1.54) is 0 Å². The summed E-state index contributed by atoms with van der Waals surface area (Å²) < 4.78 is 0. The first-order valence-electron chi connectivity index (χ1n) is 3.87. The van der Waals surface area contributed by atoms with Crippen LogP contribution in [0.4, 0.5) is 5.69 Å². The van der Waals surface area contributed by atoms with Crippen LogP contribution < -0.4 is 5.32 Å². The number of halogens is 1. The number of anilines is 1. The summed E-state index contributed by atoms with van der Waals surface area (Å²) in [7, 11) is 0. The number of hydrogen-bond donors (Lipinski definition) is 1. The van der Waals surface area contributed by atoms with Gasteiger partial charge in [0.15, 0.2) is 0 Å². The monoisotopic (exact) mass is 181 g/mol. The molecule has 1 atom stereocenters. The van der Waals surface area contributed by atoms with Crippen molar-refractivity contribution in [3.8, 4) is 0 Å². The second-order valence-corrected chi connectivity index (χ2v) is 3.12. The highest BCUT2D eigenvalue weighted by Crippen LogP contribution is 2.15. The molecule has 2 heteroatoms. The van der Waals surface area contributed by atoms with Crippen LogP contribution in [0.5, 0.6) is 0 Å². The Morgan fingerprint density at radius 1 is 1.58 bits per heavy atom. The Labute approximate surface area is 78.1 Å². The van der Waals surface area contributed by atoms with Gasteiger partial charge in [0, 0.05) is 16.8 Å². The van der Waals surface area contributed by atoms with E-state index in [0.717, 1.165) is 10.7 Å². The normalized spacial score (nSPS) is 12.2. The predicted molar refractivity (Wildman–Crippen MR) is 54.7 cm³/mol. The molecule has 64 valence electrons. The highest BCUT2D eigenvalue weighted by atomic mass is 35.5. The minimum atomic E-state index is 0.267. The van der Waals surface area contributed by atoms with Gasteiger partial charge in [-0.1, -0.05) is 23.7 Å². The highest BCUT2D eigenvalue weighted by molar-refractivity contribution is 6.30. The van der Waals surface area contributed by atoms with Crippen LogP contribution in [0.2, 0.25) is 5.02 Å². The molecule has 0 spiro atoms. The fourth-order valence-electron chi connectivity index (χ4n) is 0.900. The quantitative estimate of drug-likeness (QED) is 0.706. The standard InChI is InChI=1S/C10H12ClN/c1-3-8(2)12-10-6-4-5-9(11)7-10/h3-8,12H,1H2,2H3. The Balaban J connectivity index is 2.69. The first-order valence-corrected chi connectivity index (χ1v) is 4.25. The summed E-state index contributed by atoms with van der Waals surface area (Å²) in [5, 5.41) is 3.98. The third kappa shape index (κ3) is 2.59. The third-order valence-corrected chi connectivity index (χ3v) is 1.81. The molecule has 1 N–H and O–H groups in total. The minimum Gasteiger partial charge on any atom is -0.379 e. The Morgan fingerprint density at radius 2 is 2.33 bits per heavy atom. The van der Waals surface area contributed by atoms with Crippen LogP contribution >= 0.6 is 11.6 Å². The van der Waals surface area contributed by atoms with Crippen LogP contribution in [0.15, 0.2) is 36.9 Å². The van der Waals surface area contributed by atoms with Gasteiger partial charge in [-0.3, -0.25) is 0 Å². The van der Waals surface area contributed by atoms with Gasteiger partial charge in [-0.15, -0.1) is 6.58 Å². The molecule has 0 amide bonds. The molecule has 1 aromatic carbocycles. The summed E-state index contributed by atoms with van der Waals surface area (Å²) in [5.41, 5.74) is 1.02. The van der Waals surface area contributed by atoms with Crippen molar-refractivity contribution in [2.75, 3.05) is 5.32 Å². The number of hydrogen-bond acceptors (Lipinski definition) is 1. The first-order chi connectivity index (χ1) is 5.72. The van der Waals surface area contributed by atoms with Crippen molar-refractivity contribution >= 4 is 17.3 Å². The number of rotatable bonds is 3. The lowest BCUT2D eigenvalue weighted by Gasteiger charge is -2.10. The SMILES string of the molecule is C=CC(C)Nc1cccc(Cl)c1. The summed E-state index contributed by atoms with van der Waals surface area (Å²) >= 11 is 5.81. The van der Waals surface area contributed by atoms with Crippen molar-refractivity contribution < 1.29 is 0 Å². The molecule has 1 rings (SSSR count). The van der Waals surface area contributed by atoms with Crippen molar-refractivity contribution in [2.45, 2.75) is 13.0 Å². The van der Waals surface area contributed by atoms with Gasteiger partial charge < -0.3 is 5.32 Å². The van der Waals surface area contributed by atoms with E-state index in [1.54, 1.807) is 0 Å². The van der Waals surface area contributed by atoms with Gasteiger partial charge in [0.25, 0.3) is 0 Å². The van der Waals surface area contributed by atoms with Gasteiger partial charge in [-0.2, -0.15) is 0 Å². The first kappa shape index (κ1) is 9.14. The largest absolute Gasteiger partial charge is 0.379 e. The van der Waals surface area contributed by atoms with E-state index in [4.69, 9.17) is 11.6 Å². The van der Waals surface area contributed by atoms with Crippen LogP contribution in [0.1, 0.15) is 6.92 Å². The molecular weight excluding hydrogens is 170 g/mol. The lowest BCUT2D eigenvalue weighted by Crippen LogP contribution is -2.10. The van der Waals surface area contributed by atoms with Gasteiger partial charge in [-0.25, -0.2) is 0 Å². The van der Waals surface area contributed by atoms with Gasteiger partial charge >= 0.3 is 0 Å². The molecule has 0 heterocycles. The highest BCUT2D eigenvalue weighted by Gasteiger charge is 1.95. The summed E-state index contributed by atoms with van der Waals surface area (Å²) in [6.07, 6.45) is 1.85. The molecule has 0 saturated heterocycles. The van der Waals surface area contributed by atoms with Crippen molar-refractivity contribution in [2.24, 2.45) is 0 Å². The van der Waals surface area contributed by atoms with E-state index in [9.17, 15) is 0 Å². The van der Waals surface area contributed by atoms with Crippen molar-refractivity contribution in [3.63, 3.8) is 0 Å². The summed E-state index contributed by atoms with van der Waals surface area (Å²) in [6, 6.07) is 7.91. The second-order valence-electron chi connectivity index (χ2n) is 2.68. The zero-order valence-electron chi connectivity index (χ0n) is 7.05. The lowest BCUT2D eigenvalue weighted by atomic mass is 10.2. The van der Waals surface area contributed by atoms with E-state index < -0.39 is 0 Å². The van der Waals surface area contributed by atoms with E-state index >= 15 is 0 Å². The fourth-order valence-corrected chi connectivity index (χ4v) is 1.09. The molecule has 0 aliphatic heterocycles. The van der Waals surface area contributed by atoms with Gasteiger partial charge in [-0.05, 0) is 25.1 Å². The summed E-state index contributed by atoms with van der Waals surface area (Å²) in [4.78, 5) is 0. The topological polar surface area (TPSA) is 12.0 Å². The average Bonchev–Trinajstić information content (AvgIpc) is 2.04. The molecule has 1 nitrogen and oxygen atoms in total. The molecule has 1 aromatic rings. The van der Waals surface area contributed by atoms with E-state index in [2.05, 4.69) is 11.9 Å².